The van der Waals surface area contributed by atoms with Gasteiger partial charge in [-0.05, 0) is 43.7 Å². The molecule has 1 amide bonds. The summed E-state index contributed by atoms with van der Waals surface area (Å²) < 4.78 is 11.6. The number of rotatable bonds is 4. The van der Waals surface area contributed by atoms with Gasteiger partial charge >= 0.3 is 6.09 Å². The van der Waals surface area contributed by atoms with Crippen molar-refractivity contribution < 1.29 is 19.4 Å². The highest BCUT2D eigenvalue weighted by Gasteiger charge is 2.35. The number of piperidine rings is 1. The topological polar surface area (TPSA) is 71.0 Å². The molecule has 1 aromatic carbocycles. The number of fused-ring (bicyclic) bond motifs is 3. The first-order valence-corrected chi connectivity index (χ1v) is 8.80. The van der Waals surface area contributed by atoms with Crippen LogP contribution in [0.25, 0.3) is 0 Å². The summed E-state index contributed by atoms with van der Waals surface area (Å²) in [6, 6.07) is 8.67. The van der Waals surface area contributed by atoms with E-state index in [1.807, 2.05) is 24.3 Å². The van der Waals surface area contributed by atoms with Crippen molar-refractivity contribution in [1.82, 2.24) is 10.2 Å². The lowest BCUT2D eigenvalue weighted by Crippen LogP contribution is -2.47. The second kappa shape index (κ2) is 6.51. The lowest BCUT2D eigenvalue weighted by molar-refractivity contribution is 0.0503. The van der Waals surface area contributed by atoms with Crippen molar-refractivity contribution in [3.8, 4) is 11.5 Å². The number of nitrogens with zero attached hydrogens (tertiary/aromatic N) is 1. The smallest absolute Gasteiger partial charge is 0.407 e. The van der Waals surface area contributed by atoms with Gasteiger partial charge in [0.15, 0.2) is 17.6 Å². The minimum absolute atomic E-state index is 0.255. The van der Waals surface area contributed by atoms with E-state index in [9.17, 15) is 9.90 Å². The van der Waals surface area contributed by atoms with Crippen molar-refractivity contribution in [3.05, 3.63) is 24.3 Å². The number of para-hydroxylation sites is 2. The van der Waals surface area contributed by atoms with Crippen molar-refractivity contribution in [1.29, 1.82) is 0 Å². The predicted octanol–water partition coefficient (Wildman–Crippen LogP) is 2.34. The van der Waals surface area contributed by atoms with E-state index in [0.29, 0.717) is 43.4 Å². The van der Waals surface area contributed by atoms with Gasteiger partial charge in [0, 0.05) is 18.6 Å². The summed E-state index contributed by atoms with van der Waals surface area (Å²) in [5, 5.41) is 13.2. The Balaban J connectivity index is 1.37. The second-order valence-corrected chi connectivity index (χ2v) is 7.16. The average molecular weight is 332 g/mol. The van der Waals surface area contributed by atoms with Crippen LogP contribution in [0.1, 0.15) is 25.7 Å². The van der Waals surface area contributed by atoms with Crippen molar-refractivity contribution in [3.63, 3.8) is 0 Å². The zero-order valence-corrected chi connectivity index (χ0v) is 13.7. The van der Waals surface area contributed by atoms with Gasteiger partial charge in [-0.2, -0.15) is 0 Å². The summed E-state index contributed by atoms with van der Waals surface area (Å²) in [5.41, 5.74) is 0. The van der Waals surface area contributed by atoms with Crippen LogP contribution in [0.4, 0.5) is 4.79 Å². The Morgan fingerprint density at radius 2 is 1.88 bits per heavy atom. The Kier molecular flexibility index (Phi) is 4.22. The third-order valence-corrected chi connectivity index (χ3v) is 5.31. The highest BCUT2D eigenvalue weighted by atomic mass is 16.6. The molecule has 3 aliphatic heterocycles. The molecular weight excluding hydrogens is 308 g/mol. The van der Waals surface area contributed by atoms with Crippen LogP contribution in [0.3, 0.4) is 0 Å². The molecule has 2 fully saturated rings. The Morgan fingerprint density at radius 1 is 1.17 bits per heavy atom. The number of ether oxygens (including phenoxy) is 2. The number of hydrogen-bond donors (Lipinski definition) is 2. The van der Waals surface area contributed by atoms with E-state index in [4.69, 9.17) is 9.47 Å². The normalized spacial score (nSPS) is 30.8. The molecule has 3 aliphatic rings. The van der Waals surface area contributed by atoms with E-state index in [-0.39, 0.29) is 6.10 Å². The second-order valence-electron chi connectivity index (χ2n) is 7.16. The molecule has 6 nitrogen and oxygen atoms in total. The van der Waals surface area contributed by atoms with Gasteiger partial charge in [0.05, 0.1) is 6.54 Å². The van der Waals surface area contributed by atoms with Gasteiger partial charge in [0.2, 0.25) is 0 Å². The van der Waals surface area contributed by atoms with Gasteiger partial charge in [-0.1, -0.05) is 12.1 Å². The van der Waals surface area contributed by atoms with Gasteiger partial charge in [-0.3, -0.25) is 0 Å². The molecule has 4 rings (SSSR count). The molecule has 0 saturated carbocycles. The number of nitrogens with one attached hydrogen (secondary N) is 1. The molecule has 3 heterocycles. The molecule has 0 radical (unpaired) electrons. The molecule has 0 spiro atoms. The van der Waals surface area contributed by atoms with Gasteiger partial charge in [0.25, 0.3) is 0 Å². The fraction of sp³-hybridized carbons (Fsp3) is 0.611. The standard InChI is InChI=1S/C18H24N2O4/c21-18(22)20(9-12-7-13-5-6-14(8-12)19-13)10-15-11-23-16-3-1-2-4-17(16)24-15/h1-4,12-15,19H,5-11H2,(H,21,22). The summed E-state index contributed by atoms with van der Waals surface area (Å²) in [6.07, 6.45) is 3.48. The molecule has 3 atom stereocenters. The number of carbonyl (C=O) groups is 1. The number of hydrogen-bond acceptors (Lipinski definition) is 4. The van der Waals surface area contributed by atoms with E-state index < -0.39 is 6.09 Å². The van der Waals surface area contributed by atoms with E-state index in [0.717, 1.165) is 18.6 Å². The Morgan fingerprint density at radius 3 is 2.58 bits per heavy atom. The minimum Gasteiger partial charge on any atom is -0.486 e. The zero-order chi connectivity index (χ0) is 16.5. The van der Waals surface area contributed by atoms with Crippen molar-refractivity contribution >= 4 is 6.09 Å². The van der Waals surface area contributed by atoms with Crippen LogP contribution in [-0.2, 0) is 0 Å². The average Bonchev–Trinajstić information content (AvgIpc) is 2.92. The number of carboxylic acid groups (broad SMARTS) is 1. The first-order valence-electron chi connectivity index (χ1n) is 8.80. The molecular formula is C18H24N2O4. The highest BCUT2D eigenvalue weighted by Crippen LogP contribution is 2.33. The monoisotopic (exact) mass is 332 g/mol. The van der Waals surface area contributed by atoms with Crippen molar-refractivity contribution in [2.45, 2.75) is 43.9 Å². The SMILES string of the molecule is O=C(O)N(CC1CC2CCC(C1)N2)CC1COc2ccccc2O1. The Hall–Kier alpha value is -1.95. The van der Waals surface area contributed by atoms with Crippen LogP contribution in [0.5, 0.6) is 11.5 Å². The van der Waals surface area contributed by atoms with Gasteiger partial charge in [-0.25, -0.2) is 4.79 Å². The maximum Gasteiger partial charge on any atom is 0.407 e. The van der Waals surface area contributed by atoms with Crippen molar-refractivity contribution in [2.24, 2.45) is 5.92 Å². The van der Waals surface area contributed by atoms with E-state index in [1.54, 1.807) is 0 Å². The van der Waals surface area contributed by atoms with E-state index >= 15 is 0 Å². The number of amides is 1. The summed E-state index contributed by atoms with van der Waals surface area (Å²) in [7, 11) is 0. The fourth-order valence-electron chi connectivity index (χ4n) is 4.27. The molecule has 3 unspecified atom stereocenters. The fourth-order valence-corrected chi connectivity index (χ4v) is 4.27. The quantitative estimate of drug-likeness (QED) is 0.885. The Labute approximate surface area is 141 Å². The third-order valence-electron chi connectivity index (χ3n) is 5.31. The van der Waals surface area contributed by atoms with Gasteiger partial charge in [0.1, 0.15) is 6.61 Å². The summed E-state index contributed by atoms with van der Waals surface area (Å²) in [5.74, 6) is 1.86. The van der Waals surface area contributed by atoms with Crippen LogP contribution in [-0.4, -0.2) is 54.0 Å². The summed E-state index contributed by atoms with van der Waals surface area (Å²) in [4.78, 5) is 13.2. The molecule has 24 heavy (non-hydrogen) atoms. The molecule has 2 saturated heterocycles. The molecule has 6 heteroatoms. The first kappa shape index (κ1) is 15.6. The Bertz CT molecular complexity index is 596. The van der Waals surface area contributed by atoms with Crippen LogP contribution in [0.15, 0.2) is 24.3 Å². The van der Waals surface area contributed by atoms with Crippen molar-refractivity contribution in [2.75, 3.05) is 19.7 Å². The predicted molar refractivity (Wildman–Crippen MR) is 88.6 cm³/mol. The molecule has 1 aromatic rings. The van der Waals surface area contributed by atoms with Crippen LogP contribution in [0, 0.1) is 5.92 Å². The summed E-state index contributed by atoms with van der Waals surface area (Å²) in [6.45, 7) is 1.33. The first-order chi connectivity index (χ1) is 11.7. The maximum absolute atomic E-state index is 11.7. The molecule has 2 bridgehead atoms. The molecule has 0 aliphatic carbocycles. The van der Waals surface area contributed by atoms with Crippen LogP contribution in [0.2, 0.25) is 0 Å². The zero-order valence-electron chi connectivity index (χ0n) is 13.7. The van der Waals surface area contributed by atoms with E-state index in [1.165, 1.54) is 17.7 Å². The maximum atomic E-state index is 11.7. The van der Waals surface area contributed by atoms with Crippen LogP contribution >= 0.6 is 0 Å². The van der Waals surface area contributed by atoms with E-state index in [2.05, 4.69) is 5.32 Å². The van der Waals surface area contributed by atoms with Crippen LogP contribution < -0.4 is 14.8 Å². The highest BCUT2D eigenvalue weighted by molar-refractivity contribution is 5.65. The molecule has 2 N–H and O–H groups in total. The molecule has 0 aromatic heterocycles. The third kappa shape index (κ3) is 3.29. The largest absolute Gasteiger partial charge is 0.486 e. The van der Waals surface area contributed by atoms with Gasteiger partial charge < -0.3 is 24.8 Å². The minimum atomic E-state index is -0.872. The number of benzene rings is 1. The lowest BCUT2D eigenvalue weighted by Gasteiger charge is -2.34. The summed E-state index contributed by atoms with van der Waals surface area (Å²) >= 11 is 0. The van der Waals surface area contributed by atoms with Gasteiger partial charge in [-0.15, -0.1) is 0 Å². The lowest BCUT2D eigenvalue weighted by atomic mass is 9.92. The molecule has 130 valence electrons.